The maximum Gasteiger partial charge on any atom is 0.337 e. The number of hydrogen-bond acceptors (Lipinski definition) is 2. The minimum Gasteiger partial charge on any atom is -0.478 e. The minimum atomic E-state index is -1.44. The number of aromatic carboxylic acids is 1. The molecule has 2 aromatic carbocycles. The second kappa shape index (κ2) is 6.79. The van der Waals surface area contributed by atoms with Crippen LogP contribution in [0.5, 0.6) is 0 Å². The summed E-state index contributed by atoms with van der Waals surface area (Å²) in [5.74, 6) is -1.00. The third kappa shape index (κ3) is 3.98. The van der Waals surface area contributed by atoms with Crippen molar-refractivity contribution in [2.45, 2.75) is 10.6 Å². The fourth-order valence-corrected chi connectivity index (χ4v) is 3.60. The molecule has 3 nitrogen and oxygen atoms in total. The quantitative estimate of drug-likeness (QED) is 0.860. The smallest absolute Gasteiger partial charge is 0.337 e. The van der Waals surface area contributed by atoms with Gasteiger partial charge in [-0.1, -0.05) is 40.9 Å². The van der Waals surface area contributed by atoms with E-state index < -0.39 is 16.8 Å². The summed E-state index contributed by atoms with van der Waals surface area (Å²) in [6.07, 6.45) is 0. The molecule has 0 saturated heterocycles. The van der Waals surface area contributed by atoms with Gasteiger partial charge >= 0.3 is 5.97 Å². The Labute approximate surface area is 138 Å². The second-order valence-electron chi connectivity index (χ2n) is 4.17. The average Bonchev–Trinajstić information content (AvgIpc) is 2.42. The van der Waals surface area contributed by atoms with Crippen molar-refractivity contribution in [3.63, 3.8) is 0 Å². The fourth-order valence-electron chi connectivity index (χ4n) is 1.67. The average molecular weight is 364 g/mol. The summed E-state index contributed by atoms with van der Waals surface area (Å²) in [5, 5.41) is 10.0. The molecule has 2 rings (SSSR count). The largest absolute Gasteiger partial charge is 0.478 e. The molecule has 0 fully saturated rings. The Morgan fingerprint density at radius 1 is 1.05 bits per heavy atom. The molecule has 0 aliphatic carbocycles. The highest BCUT2D eigenvalue weighted by Crippen LogP contribution is 2.25. The van der Waals surface area contributed by atoms with Gasteiger partial charge in [-0.3, -0.25) is 4.21 Å². The van der Waals surface area contributed by atoms with E-state index in [1.165, 1.54) is 18.2 Å². The van der Waals surface area contributed by atoms with Gasteiger partial charge in [0, 0.05) is 14.9 Å². The Balaban J connectivity index is 2.28. The Bertz CT molecular complexity index is 731. The van der Waals surface area contributed by atoms with Crippen LogP contribution in [-0.2, 0) is 16.6 Å². The zero-order valence-electron chi connectivity index (χ0n) is 10.5. The Kier molecular flexibility index (Phi) is 5.27. The molecule has 0 heterocycles. The molecule has 0 bridgehead atoms. The van der Waals surface area contributed by atoms with Crippen LogP contribution in [0.25, 0.3) is 0 Å². The highest BCUT2D eigenvalue weighted by atomic mass is 35.5. The molecular weight excluding hydrogens is 355 g/mol. The van der Waals surface area contributed by atoms with Crippen LogP contribution in [0.4, 0.5) is 0 Å². The highest BCUT2D eigenvalue weighted by Gasteiger charge is 2.14. The van der Waals surface area contributed by atoms with Gasteiger partial charge in [-0.05, 0) is 35.9 Å². The minimum absolute atomic E-state index is 0.0790. The lowest BCUT2D eigenvalue weighted by molar-refractivity contribution is 0.0697. The topological polar surface area (TPSA) is 54.4 Å². The number of carboxylic acids is 1. The van der Waals surface area contributed by atoms with Crippen molar-refractivity contribution in [2.75, 3.05) is 0 Å². The third-order valence-electron chi connectivity index (χ3n) is 2.73. The standard InChI is InChI=1S/C14H9Cl3O3S/c15-9-2-1-8(13(17)5-9)7-21(20)10-3-4-12(16)11(6-10)14(18)19/h1-6H,7H2,(H,18,19). The Hall–Kier alpha value is -1.07. The number of rotatable bonds is 4. The lowest BCUT2D eigenvalue weighted by Crippen LogP contribution is -2.02. The van der Waals surface area contributed by atoms with Gasteiger partial charge in [-0.25, -0.2) is 4.79 Å². The molecule has 0 aliphatic rings. The predicted octanol–water partition coefficient (Wildman–Crippen LogP) is 4.65. The van der Waals surface area contributed by atoms with Crippen LogP contribution >= 0.6 is 34.8 Å². The molecule has 21 heavy (non-hydrogen) atoms. The molecule has 110 valence electrons. The van der Waals surface area contributed by atoms with E-state index >= 15 is 0 Å². The first-order chi connectivity index (χ1) is 9.88. The van der Waals surface area contributed by atoms with Crippen LogP contribution < -0.4 is 0 Å². The van der Waals surface area contributed by atoms with E-state index in [0.717, 1.165) is 0 Å². The molecule has 0 saturated carbocycles. The molecule has 0 aromatic heterocycles. The molecule has 2 aromatic rings. The van der Waals surface area contributed by atoms with E-state index in [2.05, 4.69) is 0 Å². The summed E-state index contributed by atoms with van der Waals surface area (Å²) in [4.78, 5) is 11.4. The van der Waals surface area contributed by atoms with E-state index in [0.29, 0.717) is 20.5 Å². The van der Waals surface area contributed by atoms with Gasteiger partial charge in [0.15, 0.2) is 0 Å². The van der Waals surface area contributed by atoms with Crippen molar-refractivity contribution in [3.8, 4) is 0 Å². The zero-order chi connectivity index (χ0) is 15.6. The maximum atomic E-state index is 12.3. The molecule has 1 atom stereocenters. The van der Waals surface area contributed by atoms with Crippen molar-refractivity contribution < 1.29 is 14.1 Å². The Morgan fingerprint density at radius 3 is 2.38 bits per heavy atom. The van der Waals surface area contributed by atoms with Crippen molar-refractivity contribution in [1.29, 1.82) is 0 Å². The number of benzene rings is 2. The van der Waals surface area contributed by atoms with Gasteiger partial charge < -0.3 is 5.11 Å². The predicted molar refractivity (Wildman–Crippen MR) is 85.0 cm³/mol. The van der Waals surface area contributed by atoms with Crippen LogP contribution in [0.1, 0.15) is 15.9 Å². The SMILES string of the molecule is O=C(O)c1cc(S(=O)Cc2ccc(Cl)cc2Cl)ccc1Cl. The van der Waals surface area contributed by atoms with Crippen LogP contribution in [0.2, 0.25) is 15.1 Å². The molecule has 0 amide bonds. The summed E-state index contributed by atoms with van der Waals surface area (Å²) < 4.78 is 12.3. The Morgan fingerprint density at radius 2 is 1.76 bits per heavy atom. The van der Waals surface area contributed by atoms with Gasteiger partial charge in [0.2, 0.25) is 0 Å². The van der Waals surface area contributed by atoms with Gasteiger partial charge in [-0.2, -0.15) is 0 Å². The van der Waals surface area contributed by atoms with Crippen molar-refractivity contribution in [2.24, 2.45) is 0 Å². The van der Waals surface area contributed by atoms with Crippen LogP contribution in [0.3, 0.4) is 0 Å². The molecule has 1 unspecified atom stereocenters. The van der Waals surface area contributed by atoms with Gasteiger partial charge in [0.25, 0.3) is 0 Å². The zero-order valence-corrected chi connectivity index (χ0v) is 13.6. The fraction of sp³-hybridized carbons (Fsp3) is 0.0714. The molecule has 0 spiro atoms. The van der Waals surface area contributed by atoms with Gasteiger partial charge in [0.1, 0.15) is 0 Å². The molecular formula is C14H9Cl3O3S. The normalized spacial score (nSPS) is 12.1. The summed E-state index contributed by atoms with van der Waals surface area (Å²) in [7, 11) is -1.44. The molecule has 1 N–H and O–H groups in total. The number of halogens is 3. The number of carboxylic acid groups (broad SMARTS) is 1. The van der Waals surface area contributed by atoms with E-state index in [4.69, 9.17) is 39.9 Å². The lowest BCUT2D eigenvalue weighted by atomic mass is 10.2. The van der Waals surface area contributed by atoms with E-state index in [1.54, 1.807) is 18.2 Å². The number of carbonyl (C=O) groups is 1. The summed E-state index contributed by atoms with van der Waals surface area (Å²) >= 11 is 17.6. The maximum absolute atomic E-state index is 12.3. The lowest BCUT2D eigenvalue weighted by Gasteiger charge is -2.07. The van der Waals surface area contributed by atoms with Gasteiger partial charge in [0.05, 0.1) is 27.1 Å². The summed E-state index contributed by atoms with van der Waals surface area (Å²) in [6.45, 7) is 0. The van der Waals surface area contributed by atoms with Crippen molar-refractivity contribution in [1.82, 2.24) is 0 Å². The second-order valence-corrected chi connectivity index (χ2v) is 6.87. The van der Waals surface area contributed by atoms with E-state index in [9.17, 15) is 9.00 Å². The van der Waals surface area contributed by atoms with Crippen molar-refractivity contribution in [3.05, 3.63) is 62.6 Å². The summed E-state index contributed by atoms with van der Waals surface area (Å²) in [6, 6.07) is 9.18. The van der Waals surface area contributed by atoms with E-state index in [-0.39, 0.29) is 16.3 Å². The van der Waals surface area contributed by atoms with Crippen LogP contribution in [-0.4, -0.2) is 15.3 Å². The first-order valence-corrected chi connectivity index (χ1v) is 8.19. The summed E-state index contributed by atoms with van der Waals surface area (Å²) in [5.41, 5.74) is 0.593. The van der Waals surface area contributed by atoms with Gasteiger partial charge in [-0.15, -0.1) is 0 Å². The van der Waals surface area contributed by atoms with Crippen molar-refractivity contribution >= 4 is 51.6 Å². The first kappa shape index (κ1) is 16.3. The third-order valence-corrected chi connectivity index (χ3v) is 5.00. The highest BCUT2D eigenvalue weighted by molar-refractivity contribution is 7.84. The molecule has 0 radical (unpaired) electrons. The molecule has 0 aliphatic heterocycles. The molecule has 7 heteroatoms. The van der Waals surface area contributed by atoms with E-state index in [1.807, 2.05) is 0 Å². The van der Waals surface area contributed by atoms with Crippen LogP contribution in [0.15, 0.2) is 41.3 Å². The monoisotopic (exact) mass is 362 g/mol. The first-order valence-electron chi connectivity index (χ1n) is 5.73. The number of hydrogen-bond donors (Lipinski definition) is 1. The van der Waals surface area contributed by atoms with Crippen LogP contribution in [0, 0.1) is 0 Å².